The number of carbonyl (C=O) groups is 1. The zero-order chi connectivity index (χ0) is 16.3. The average molecular weight is 316 g/mol. The van der Waals surface area contributed by atoms with Gasteiger partial charge in [0.05, 0.1) is 19.1 Å². The van der Waals surface area contributed by atoms with Crippen molar-refractivity contribution in [3.05, 3.63) is 17.8 Å². The number of hydrogen-bond acceptors (Lipinski definition) is 7. The summed E-state index contributed by atoms with van der Waals surface area (Å²) < 4.78 is 29.6. The van der Waals surface area contributed by atoms with Crippen LogP contribution >= 0.6 is 0 Å². The molecule has 0 aromatic carbocycles. The van der Waals surface area contributed by atoms with Gasteiger partial charge < -0.3 is 15.8 Å². The highest BCUT2D eigenvalue weighted by molar-refractivity contribution is 7.88. The summed E-state index contributed by atoms with van der Waals surface area (Å²) in [7, 11) is -2.08. The third-order valence-electron chi connectivity index (χ3n) is 2.48. The molecular formula is C12H20N4O4S. The molecule has 0 radical (unpaired) electrons. The van der Waals surface area contributed by atoms with Gasteiger partial charge in [0.25, 0.3) is 0 Å². The van der Waals surface area contributed by atoms with Gasteiger partial charge >= 0.3 is 5.97 Å². The van der Waals surface area contributed by atoms with E-state index in [1.54, 1.807) is 13.8 Å². The second-order valence-corrected chi connectivity index (χ2v) is 6.99. The summed E-state index contributed by atoms with van der Waals surface area (Å²) in [6.45, 7) is 3.66. The molecule has 0 atom stereocenters. The van der Waals surface area contributed by atoms with E-state index in [-0.39, 0.29) is 12.2 Å². The van der Waals surface area contributed by atoms with Crippen molar-refractivity contribution >= 4 is 27.5 Å². The first-order valence-electron chi connectivity index (χ1n) is 6.12. The number of ether oxygens (including phenoxy) is 1. The van der Waals surface area contributed by atoms with E-state index in [2.05, 4.69) is 19.8 Å². The second-order valence-electron chi connectivity index (χ2n) is 5.24. The van der Waals surface area contributed by atoms with Gasteiger partial charge in [-0.2, -0.15) is 0 Å². The summed E-state index contributed by atoms with van der Waals surface area (Å²) in [6.07, 6.45) is 1.08. The lowest BCUT2D eigenvalue weighted by molar-refractivity contribution is 0.0594. The summed E-state index contributed by atoms with van der Waals surface area (Å²) >= 11 is 0. The predicted molar refractivity (Wildman–Crippen MR) is 80.5 cm³/mol. The Morgan fingerprint density at radius 2 is 2.05 bits per heavy atom. The number of nitrogens with one attached hydrogen (secondary N) is 2. The van der Waals surface area contributed by atoms with Crippen molar-refractivity contribution in [2.75, 3.05) is 31.0 Å². The minimum Gasteiger partial charge on any atom is -0.464 e. The minimum atomic E-state index is -3.34. The number of esters is 1. The van der Waals surface area contributed by atoms with E-state index < -0.39 is 21.5 Å². The molecule has 0 aliphatic rings. The largest absolute Gasteiger partial charge is 0.464 e. The third-order valence-corrected chi connectivity index (χ3v) is 3.40. The molecule has 0 spiro atoms. The Balaban J connectivity index is 2.86. The molecule has 1 heterocycles. The number of sulfonamides is 1. The molecule has 0 amide bonds. The Morgan fingerprint density at radius 1 is 1.43 bits per heavy atom. The van der Waals surface area contributed by atoms with Gasteiger partial charge in [0.15, 0.2) is 5.69 Å². The first kappa shape index (κ1) is 17.2. The number of hydrogen-bond donors (Lipinski definition) is 3. The van der Waals surface area contributed by atoms with Crippen LogP contribution in [0.3, 0.4) is 0 Å². The van der Waals surface area contributed by atoms with Gasteiger partial charge in [0, 0.05) is 12.1 Å². The standard InChI is InChI=1S/C12H20N4O4S/c1-12(2,16-21(4,18)19)7-14-10-8(13)5-6-9(15-10)11(17)20-3/h5-6,16H,7,13H2,1-4H3,(H,14,15). The molecule has 4 N–H and O–H groups in total. The lowest BCUT2D eigenvalue weighted by Gasteiger charge is -2.25. The van der Waals surface area contributed by atoms with Gasteiger partial charge in [-0.25, -0.2) is 22.9 Å². The van der Waals surface area contributed by atoms with Crippen LogP contribution in [-0.2, 0) is 14.8 Å². The molecule has 1 aromatic rings. The number of aromatic nitrogens is 1. The van der Waals surface area contributed by atoms with Crippen molar-refractivity contribution < 1.29 is 17.9 Å². The van der Waals surface area contributed by atoms with Gasteiger partial charge in [-0.3, -0.25) is 0 Å². The van der Waals surface area contributed by atoms with Crippen LogP contribution in [0.2, 0.25) is 0 Å². The lowest BCUT2D eigenvalue weighted by Crippen LogP contribution is -2.47. The van der Waals surface area contributed by atoms with Crippen LogP contribution in [0.4, 0.5) is 11.5 Å². The van der Waals surface area contributed by atoms with Crippen molar-refractivity contribution in [2.45, 2.75) is 19.4 Å². The fourth-order valence-electron chi connectivity index (χ4n) is 1.67. The van der Waals surface area contributed by atoms with Crippen molar-refractivity contribution in [3.63, 3.8) is 0 Å². The van der Waals surface area contributed by atoms with Crippen LogP contribution in [0.15, 0.2) is 12.1 Å². The maximum absolute atomic E-state index is 11.4. The van der Waals surface area contributed by atoms with Crippen LogP contribution < -0.4 is 15.8 Å². The Kier molecular flexibility index (Phi) is 5.13. The van der Waals surface area contributed by atoms with Gasteiger partial charge in [-0.1, -0.05) is 0 Å². The van der Waals surface area contributed by atoms with E-state index in [0.29, 0.717) is 11.5 Å². The first-order chi connectivity index (χ1) is 9.54. The van der Waals surface area contributed by atoms with Gasteiger partial charge in [0.1, 0.15) is 5.82 Å². The number of nitrogens with zero attached hydrogens (tertiary/aromatic N) is 1. The Hall–Kier alpha value is -1.87. The van der Waals surface area contributed by atoms with E-state index in [4.69, 9.17) is 5.73 Å². The molecule has 0 bridgehead atoms. The van der Waals surface area contributed by atoms with E-state index in [1.165, 1.54) is 19.2 Å². The van der Waals surface area contributed by atoms with E-state index >= 15 is 0 Å². The van der Waals surface area contributed by atoms with Crippen molar-refractivity contribution in [2.24, 2.45) is 0 Å². The maximum Gasteiger partial charge on any atom is 0.356 e. The molecule has 0 saturated carbocycles. The summed E-state index contributed by atoms with van der Waals surface area (Å²) in [5.74, 6) is -0.284. The maximum atomic E-state index is 11.4. The molecule has 0 unspecified atom stereocenters. The van der Waals surface area contributed by atoms with Gasteiger partial charge in [0.2, 0.25) is 10.0 Å². The summed E-state index contributed by atoms with van der Waals surface area (Å²) in [5, 5.41) is 2.92. The van der Waals surface area contributed by atoms with Gasteiger partial charge in [-0.15, -0.1) is 0 Å². The quantitative estimate of drug-likeness (QED) is 0.640. The molecule has 0 aliphatic carbocycles. The molecule has 1 aromatic heterocycles. The highest BCUT2D eigenvalue weighted by atomic mass is 32.2. The zero-order valence-electron chi connectivity index (χ0n) is 12.4. The van der Waals surface area contributed by atoms with E-state index in [9.17, 15) is 13.2 Å². The molecule has 9 heteroatoms. The Morgan fingerprint density at radius 3 is 2.57 bits per heavy atom. The van der Waals surface area contributed by atoms with E-state index in [0.717, 1.165) is 6.26 Å². The number of carbonyl (C=O) groups excluding carboxylic acids is 1. The number of nitrogens with two attached hydrogens (primary N) is 1. The Labute approximate surface area is 124 Å². The minimum absolute atomic E-state index is 0.114. The molecule has 8 nitrogen and oxygen atoms in total. The molecule has 0 aliphatic heterocycles. The van der Waals surface area contributed by atoms with Crippen LogP contribution in [-0.4, -0.2) is 44.8 Å². The Bertz CT molecular complexity index is 628. The topological polar surface area (TPSA) is 123 Å². The normalized spacial score (nSPS) is 12.0. The van der Waals surface area contributed by atoms with Crippen LogP contribution in [0, 0.1) is 0 Å². The number of nitrogen functional groups attached to an aromatic ring is 1. The number of methoxy groups -OCH3 is 1. The molecule has 1 rings (SSSR count). The molecular weight excluding hydrogens is 296 g/mol. The molecule has 21 heavy (non-hydrogen) atoms. The highest BCUT2D eigenvalue weighted by Crippen LogP contribution is 2.17. The fraction of sp³-hybridized carbons (Fsp3) is 0.500. The predicted octanol–water partition coefficient (Wildman–Crippen LogP) is 0.190. The lowest BCUT2D eigenvalue weighted by atomic mass is 10.1. The fourth-order valence-corrected chi connectivity index (χ4v) is 2.75. The third kappa shape index (κ3) is 5.56. The summed E-state index contributed by atoms with van der Waals surface area (Å²) in [4.78, 5) is 15.5. The van der Waals surface area contributed by atoms with Crippen LogP contribution in [0.25, 0.3) is 0 Å². The summed E-state index contributed by atoms with van der Waals surface area (Å²) in [5.41, 5.74) is 5.48. The van der Waals surface area contributed by atoms with Crippen molar-refractivity contribution in [3.8, 4) is 0 Å². The average Bonchev–Trinajstić information content (AvgIpc) is 2.34. The van der Waals surface area contributed by atoms with E-state index in [1.807, 2.05) is 0 Å². The summed E-state index contributed by atoms with van der Waals surface area (Å²) in [6, 6.07) is 2.98. The number of anilines is 2. The second kappa shape index (κ2) is 6.27. The number of rotatable bonds is 6. The smallest absolute Gasteiger partial charge is 0.356 e. The molecule has 0 fully saturated rings. The van der Waals surface area contributed by atoms with Crippen LogP contribution in [0.5, 0.6) is 0 Å². The number of pyridine rings is 1. The first-order valence-corrected chi connectivity index (χ1v) is 8.01. The van der Waals surface area contributed by atoms with Crippen molar-refractivity contribution in [1.82, 2.24) is 9.71 Å². The SMILES string of the molecule is COC(=O)c1ccc(N)c(NCC(C)(C)NS(C)(=O)=O)n1. The zero-order valence-corrected chi connectivity index (χ0v) is 13.2. The van der Waals surface area contributed by atoms with Crippen LogP contribution in [0.1, 0.15) is 24.3 Å². The molecule has 0 saturated heterocycles. The van der Waals surface area contributed by atoms with Crippen molar-refractivity contribution in [1.29, 1.82) is 0 Å². The van der Waals surface area contributed by atoms with Gasteiger partial charge in [-0.05, 0) is 26.0 Å². The molecule has 118 valence electrons. The monoisotopic (exact) mass is 316 g/mol. The highest BCUT2D eigenvalue weighted by Gasteiger charge is 2.22.